The summed E-state index contributed by atoms with van der Waals surface area (Å²) in [5.41, 5.74) is 1.08. The van der Waals surface area contributed by atoms with Gasteiger partial charge in [-0.2, -0.15) is 0 Å². The first-order chi connectivity index (χ1) is 7.15. The first kappa shape index (κ1) is 11.0. The van der Waals surface area contributed by atoms with E-state index >= 15 is 0 Å². The molecule has 1 unspecified atom stereocenters. The van der Waals surface area contributed by atoms with Gasteiger partial charge in [-0.05, 0) is 0 Å². The summed E-state index contributed by atoms with van der Waals surface area (Å²) >= 11 is 1.87. The van der Waals surface area contributed by atoms with Crippen molar-refractivity contribution in [1.29, 1.82) is 0 Å². The number of carbonyl (C=O) groups is 2. The molecule has 0 saturated carbocycles. The van der Waals surface area contributed by atoms with E-state index in [0.29, 0.717) is 6.42 Å². The van der Waals surface area contributed by atoms with E-state index in [4.69, 9.17) is 0 Å². The third-order valence-electron chi connectivity index (χ3n) is 2.36. The number of hydrogen-bond donors (Lipinski definition) is 0. The molecule has 1 heterocycles. The van der Waals surface area contributed by atoms with Gasteiger partial charge in [-0.3, -0.25) is 0 Å². The van der Waals surface area contributed by atoms with Gasteiger partial charge in [0.05, 0.1) is 0 Å². The number of hydrogen-bond acceptors (Lipinski definition) is 3. The zero-order valence-corrected chi connectivity index (χ0v) is 12.5. The van der Waals surface area contributed by atoms with Gasteiger partial charge in [0, 0.05) is 0 Å². The van der Waals surface area contributed by atoms with Gasteiger partial charge < -0.3 is 0 Å². The van der Waals surface area contributed by atoms with Crippen LogP contribution < -0.4 is 0 Å². The molecule has 1 aliphatic heterocycles. The Morgan fingerprint density at radius 2 is 1.93 bits per heavy atom. The van der Waals surface area contributed by atoms with Gasteiger partial charge in [0.25, 0.3) is 0 Å². The second kappa shape index (κ2) is 4.54. The quantitative estimate of drug-likeness (QED) is 0.478. The molecule has 0 aliphatic carbocycles. The van der Waals surface area contributed by atoms with Gasteiger partial charge in [-0.15, -0.1) is 0 Å². The van der Waals surface area contributed by atoms with Crippen molar-refractivity contribution >= 4 is 26.5 Å². The van der Waals surface area contributed by atoms with Crippen LogP contribution in [0.15, 0.2) is 28.7 Å². The van der Waals surface area contributed by atoms with Crippen molar-refractivity contribution in [3.8, 4) is 0 Å². The van der Waals surface area contributed by atoms with Crippen LogP contribution in [0, 0.1) is 0 Å². The molecule has 1 aromatic rings. The molecule has 1 aromatic carbocycles. The van der Waals surface area contributed by atoms with Crippen LogP contribution in [0.1, 0.15) is 5.56 Å². The predicted octanol–water partition coefficient (Wildman–Crippen LogP) is 2.54. The van der Waals surface area contributed by atoms with E-state index in [1.807, 2.05) is 24.3 Å². The normalized spacial score (nSPS) is 19.4. The monoisotopic (exact) mass is 318 g/mol. The summed E-state index contributed by atoms with van der Waals surface area (Å²) in [6.07, 6.45) is 0.651. The fourth-order valence-electron chi connectivity index (χ4n) is 1.58. The second-order valence-electron chi connectivity index (χ2n) is 3.52. The Bertz CT molecular complexity index is 402. The van der Waals surface area contributed by atoms with Crippen molar-refractivity contribution in [2.24, 2.45) is 0 Å². The Morgan fingerprint density at radius 3 is 2.47 bits per heavy atom. The Morgan fingerprint density at radius 1 is 1.27 bits per heavy atom. The van der Waals surface area contributed by atoms with Crippen LogP contribution in [0.2, 0.25) is 4.51 Å². The third-order valence-corrected chi connectivity index (χ3v) is 6.23. The molecule has 1 atom stereocenters. The summed E-state index contributed by atoms with van der Waals surface area (Å²) in [6.45, 7) is 0. The first-order valence-electron chi connectivity index (χ1n) is 4.64. The Hall–Kier alpha value is -0.537. The number of esters is 1. The van der Waals surface area contributed by atoms with Crippen molar-refractivity contribution in [1.82, 2.24) is 0 Å². The van der Waals surface area contributed by atoms with E-state index in [0.717, 1.165) is 10.0 Å². The van der Waals surface area contributed by atoms with Gasteiger partial charge in [0.15, 0.2) is 0 Å². The van der Waals surface area contributed by atoms with E-state index in [2.05, 4.69) is 20.7 Å². The number of carbonyl (C=O) groups excluding carboxylic acids is 2. The molecule has 3 nitrogen and oxygen atoms in total. The molecule has 0 aromatic heterocycles. The van der Waals surface area contributed by atoms with Gasteiger partial charge in [-0.1, -0.05) is 0 Å². The first-order valence-corrected chi connectivity index (χ1v) is 8.63. The molecule has 0 spiro atoms. The molecule has 0 N–H and O–H groups in total. The summed E-state index contributed by atoms with van der Waals surface area (Å²) < 4.78 is 5.23. The van der Waals surface area contributed by atoms with Crippen molar-refractivity contribution in [2.45, 2.75) is 10.9 Å². The summed E-state index contributed by atoms with van der Waals surface area (Å²) in [5.74, 6) is -0.317. The molecule has 1 fully saturated rings. The average Bonchev–Trinajstić information content (AvgIpc) is 2.49. The van der Waals surface area contributed by atoms with E-state index in [9.17, 15) is 9.59 Å². The minimum atomic E-state index is -1.48. The van der Waals surface area contributed by atoms with Crippen molar-refractivity contribution in [3.05, 3.63) is 34.3 Å². The van der Waals surface area contributed by atoms with Gasteiger partial charge in [0.1, 0.15) is 0 Å². The third kappa shape index (κ3) is 2.73. The second-order valence-corrected chi connectivity index (χ2v) is 8.58. The van der Waals surface area contributed by atoms with Crippen LogP contribution in [-0.4, -0.2) is 10.5 Å². The van der Waals surface area contributed by atoms with Crippen LogP contribution >= 0.6 is 15.9 Å². The number of ether oxygens (including phenoxy) is 1. The molecule has 0 radical (unpaired) electrons. The summed E-state index contributed by atoms with van der Waals surface area (Å²) in [5, 5.41) is 0. The number of rotatable bonds is 2. The van der Waals surface area contributed by atoms with E-state index in [1.165, 1.54) is 0 Å². The van der Waals surface area contributed by atoms with E-state index in [1.54, 1.807) is 0 Å². The van der Waals surface area contributed by atoms with Crippen LogP contribution in [0.5, 0.6) is 0 Å². The molecule has 1 aliphatic rings. The van der Waals surface area contributed by atoms with Crippen molar-refractivity contribution in [3.63, 3.8) is 0 Å². The summed E-state index contributed by atoms with van der Waals surface area (Å²) in [7, 11) is 0. The maximum atomic E-state index is 11.3. The Balaban J connectivity index is 2.06. The van der Waals surface area contributed by atoms with Gasteiger partial charge in [0.2, 0.25) is 0 Å². The molecular weight excluding hydrogens is 313 g/mol. The topological polar surface area (TPSA) is 43.4 Å². The minimum absolute atomic E-state index is 0.119. The Kier molecular flexibility index (Phi) is 3.32. The van der Waals surface area contributed by atoms with Gasteiger partial charge in [-0.25, -0.2) is 0 Å². The molecular formula is C10H7BrO3Zn. The fraction of sp³-hybridized carbons (Fsp3) is 0.200. The van der Waals surface area contributed by atoms with E-state index in [-0.39, 0.29) is 15.0 Å². The molecule has 2 rings (SSSR count). The van der Waals surface area contributed by atoms with Crippen LogP contribution in [0.25, 0.3) is 0 Å². The molecule has 15 heavy (non-hydrogen) atoms. The summed E-state index contributed by atoms with van der Waals surface area (Å²) in [4.78, 5) is 22.2. The zero-order chi connectivity index (χ0) is 10.8. The Labute approximate surface area is 103 Å². The molecule has 1 saturated heterocycles. The van der Waals surface area contributed by atoms with Crippen LogP contribution in [-0.2, 0) is 33.1 Å². The maximum absolute atomic E-state index is 11.3. The molecule has 0 bridgehead atoms. The molecule has 74 valence electrons. The number of halogens is 1. The van der Waals surface area contributed by atoms with Crippen molar-refractivity contribution < 1.29 is 31.5 Å². The predicted molar refractivity (Wildman–Crippen MR) is 53.1 cm³/mol. The zero-order valence-electron chi connectivity index (χ0n) is 7.90. The SMILES string of the molecule is O=[C]1OC(=O)[CH](Cc2ccc(Br)cc2)[Zn]1. The van der Waals surface area contributed by atoms with Gasteiger partial charge >= 0.3 is 103 Å². The standard InChI is InChI=1S/C10H7BrO3.Zn/c11-9-4-1-8(2-5-9)3-6-10(13)14-7-12;/h1-2,4-6H,3H2;. The summed E-state index contributed by atoms with van der Waals surface area (Å²) in [6, 6.07) is 7.79. The fourth-order valence-corrected chi connectivity index (χ4v) is 4.69. The van der Waals surface area contributed by atoms with Crippen LogP contribution in [0.4, 0.5) is 4.79 Å². The van der Waals surface area contributed by atoms with E-state index < -0.39 is 17.1 Å². The van der Waals surface area contributed by atoms with Crippen LogP contribution in [0.3, 0.4) is 0 Å². The van der Waals surface area contributed by atoms with Crippen molar-refractivity contribution in [2.75, 3.05) is 0 Å². The molecule has 0 amide bonds. The number of cyclic esters (lactones) is 2. The average molecular weight is 320 g/mol. The number of benzene rings is 1. The molecule has 5 heteroatoms.